The zero-order chi connectivity index (χ0) is 27.6. The van der Waals surface area contributed by atoms with Crippen molar-refractivity contribution in [3.63, 3.8) is 0 Å². The second kappa shape index (κ2) is 14.9. The fourth-order valence-electron chi connectivity index (χ4n) is 2.61. The molecule has 0 saturated heterocycles. The molecule has 38 heavy (non-hydrogen) atoms. The van der Waals surface area contributed by atoms with Crippen LogP contribution in [0.5, 0.6) is 0 Å². The smallest absolute Gasteiger partial charge is 0.741 e. The van der Waals surface area contributed by atoms with Gasteiger partial charge in [-0.15, -0.1) is 10.2 Å². The fraction of sp³-hybridized carbons (Fsp3) is 0.273. The summed E-state index contributed by atoms with van der Waals surface area (Å²) in [5.74, 6) is 0. The van der Waals surface area contributed by atoms with Crippen molar-refractivity contribution in [1.29, 1.82) is 0 Å². The predicted molar refractivity (Wildman–Crippen MR) is 138 cm³/mol. The van der Waals surface area contributed by atoms with E-state index in [1.807, 2.05) is 29.6 Å². The normalized spacial score (nSPS) is 13.6. The summed E-state index contributed by atoms with van der Waals surface area (Å²) in [4.78, 5) is 1.84. The molecule has 0 aliphatic carbocycles. The number of nitrogens with one attached hydrogen (secondary N) is 2. The van der Waals surface area contributed by atoms with Crippen molar-refractivity contribution in [2.45, 2.75) is 12.4 Å². The second-order valence-electron chi connectivity index (χ2n) is 7.45. The van der Waals surface area contributed by atoms with Crippen molar-refractivity contribution in [2.24, 2.45) is 20.4 Å². The third kappa shape index (κ3) is 12.1. The van der Waals surface area contributed by atoms with E-state index in [4.69, 9.17) is 25.3 Å². The Balaban J connectivity index is 0.00000722. The minimum atomic E-state index is -4.53. The van der Waals surface area contributed by atoms with Gasteiger partial charge in [0, 0.05) is 30.9 Å². The van der Waals surface area contributed by atoms with Crippen LogP contribution in [-0.4, -0.2) is 61.3 Å². The summed E-state index contributed by atoms with van der Waals surface area (Å²) in [6.07, 6.45) is -9.05. The number of anilines is 1. The van der Waals surface area contributed by atoms with E-state index in [0.29, 0.717) is 11.1 Å². The fourth-order valence-corrected chi connectivity index (χ4v) is 2.84. The van der Waals surface area contributed by atoms with Gasteiger partial charge in [0.05, 0.1) is 0 Å². The number of halogens is 6. The molecule has 0 spiro atoms. The van der Waals surface area contributed by atoms with Crippen molar-refractivity contribution >= 4 is 52.7 Å². The first-order valence-electron chi connectivity index (χ1n) is 10.4. The monoisotopic (exact) mass is 624 g/mol. The maximum atomic E-state index is 12.5. The van der Waals surface area contributed by atoms with E-state index in [1.54, 1.807) is 54.6 Å². The van der Waals surface area contributed by atoms with Crippen molar-refractivity contribution in [2.75, 3.05) is 32.1 Å². The molecule has 0 fully saturated rings. The molecule has 1 radical (unpaired) electrons. The van der Waals surface area contributed by atoms with E-state index in [9.17, 15) is 26.3 Å². The number of hydrogen-bond donors (Lipinski definition) is 2. The van der Waals surface area contributed by atoms with Crippen LogP contribution in [0.25, 0.3) is 0 Å². The third-order valence-electron chi connectivity index (χ3n) is 4.29. The molecule has 209 valence electrons. The average molecular weight is 625 g/mol. The Morgan fingerprint density at radius 1 is 0.684 bits per heavy atom. The molecule has 0 atom stereocenters. The first kappa shape index (κ1) is 33.1. The molecule has 2 aromatic rings. The number of nitrogens with zero attached hydrogens (tertiary/aromatic N) is 5. The first-order chi connectivity index (χ1) is 17.2. The Kier molecular flexibility index (Phi) is 12.9. The minimum absolute atomic E-state index is 0. The maximum absolute atomic E-state index is 12.5. The summed E-state index contributed by atoms with van der Waals surface area (Å²) in [7, 11) is 3.66. The predicted octanol–water partition coefficient (Wildman–Crippen LogP) is 3.97. The molecule has 0 aliphatic heterocycles. The second-order valence-corrected chi connectivity index (χ2v) is 8.23. The summed E-state index contributed by atoms with van der Waals surface area (Å²) in [6.45, 7) is -2.82. The molecule has 2 N–H and O–H groups in total. The van der Waals surface area contributed by atoms with Gasteiger partial charge in [-0.25, -0.2) is 0 Å². The zero-order valence-corrected chi connectivity index (χ0v) is 22.3. The SMILES string of the molecule is CN(C)c1ccc(C(=N\N=C(/[S-])NCC(F)(F)F)/C(=N/N=C(\[S-])NCC(F)(F)F)c2ccccc2)cc1.[Cu+2]. The zero-order valence-electron chi connectivity index (χ0n) is 19.7. The number of amidine groups is 2. The molecule has 16 heteroatoms. The molecular weight excluding hydrogens is 604 g/mol. The molecule has 0 heterocycles. The van der Waals surface area contributed by atoms with Crippen LogP contribution in [0.2, 0.25) is 0 Å². The van der Waals surface area contributed by atoms with Gasteiger partial charge in [-0.05, 0) is 22.5 Å². The van der Waals surface area contributed by atoms with Gasteiger partial charge in [0.25, 0.3) is 0 Å². The van der Waals surface area contributed by atoms with Gasteiger partial charge in [-0.1, -0.05) is 42.5 Å². The molecule has 7 nitrogen and oxygen atoms in total. The van der Waals surface area contributed by atoms with E-state index < -0.39 is 35.8 Å². The van der Waals surface area contributed by atoms with Crippen molar-refractivity contribution in [1.82, 2.24) is 10.6 Å². The van der Waals surface area contributed by atoms with Gasteiger partial charge in [-0.2, -0.15) is 36.5 Å². The standard InChI is InChI=1S/C22H23F6N7S2.Cu/c1-35(2)16-10-8-15(9-11-16)18(32-34-20(37)30-13-22(26,27)28)17(14-6-4-3-5-7-14)31-33-19(36)29-12-21(23,24)25;/h3-11H,12-13H2,1-2H3,(H2,29,33,36)(H2,30,34,37);/q;+2/p-2/b31-17+,32-18+;. The molecule has 0 aromatic heterocycles. The Hall–Kier alpha value is -2.94. The van der Waals surface area contributed by atoms with Gasteiger partial charge in [0.1, 0.15) is 24.5 Å². The largest absolute Gasteiger partial charge is 2.00 e. The summed E-state index contributed by atoms with van der Waals surface area (Å²) >= 11 is 9.66. The maximum Gasteiger partial charge on any atom is 2.00 e. The summed E-state index contributed by atoms with van der Waals surface area (Å²) in [5.41, 5.74) is 1.78. The Morgan fingerprint density at radius 2 is 1.08 bits per heavy atom. The molecule has 2 rings (SSSR count). The van der Waals surface area contributed by atoms with Gasteiger partial charge in [0.15, 0.2) is 0 Å². The first-order valence-corrected chi connectivity index (χ1v) is 11.2. The van der Waals surface area contributed by atoms with E-state index in [-0.39, 0.29) is 28.5 Å². The minimum Gasteiger partial charge on any atom is -0.741 e. The van der Waals surface area contributed by atoms with Crippen LogP contribution in [0.3, 0.4) is 0 Å². The summed E-state index contributed by atoms with van der Waals surface area (Å²) < 4.78 is 75.1. The van der Waals surface area contributed by atoms with Crippen LogP contribution in [-0.2, 0) is 42.3 Å². The number of hydrogen-bond acceptors (Lipinski definition) is 7. The van der Waals surface area contributed by atoms with Crippen LogP contribution in [0, 0.1) is 0 Å². The number of rotatable bonds is 8. The van der Waals surface area contributed by atoms with Crippen molar-refractivity contribution in [3.05, 3.63) is 65.7 Å². The molecule has 0 unspecified atom stereocenters. The van der Waals surface area contributed by atoms with E-state index in [1.165, 1.54) is 0 Å². The summed E-state index contributed by atoms with van der Waals surface area (Å²) in [5, 5.41) is 18.2. The Labute approximate surface area is 236 Å². The molecular formula is C22H21CuF6N7S2. The van der Waals surface area contributed by atoms with Crippen molar-refractivity contribution in [3.8, 4) is 0 Å². The van der Waals surface area contributed by atoms with E-state index in [0.717, 1.165) is 5.69 Å². The van der Waals surface area contributed by atoms with Gasteiger partial charge >= 0.3 is 29.4 Å². The van der Waals surface area contributed by atoms with Crippen LogP contribution in [0.1, 0.15) is 11.1 Å². The van der Waals surface area contributed by atoms with Crippen LogP contribution in [0.4, 0.5) is 32.0 Å². The quantitative estimate of drug-likeness (QED) is 0.116. The van der Waals surface area contributed by atoms with E-state index >= 15 is 0 Å². The summed E-state index contributed by atoms with van der Waals surface area (Å²) in [6, 6.07) is 15.1. The average Bonchev–Trinajstić information content (AvgIpc) is 2.83. The Bertz CT molecular complexity index is 1150. The Morgan fingerprint density at radius 3 is 1.45 bits per heavy atom. The van der Waals surface area contributed by atoms with Gasteiger partial charge < -0.3 is 40.8 Å². The number of alkyl halides is 6. The molecule has 0 aliphatic rings. The van der Waals surface area contributed by atoms with Crippen LogP contribution in [0.15, 0.2) is 75.0 Å². The van der Waals surface area contributed by atoms with Crippen molar-refractivity contribution < 1.29 is 43.4 Å². The number of benzene rings is 2. The molecule has 2 aromatic carbocycles. The topological polar surface area (TPSA) is 76.7 Å². The van der Waals surface area contributed by atoms with Crippen LogP contribution < -0.4 is 15.5 Å². The molecule has 0 amide bonds. The van der Waals surface area contributed by atoms with Gasteiger partial charge in [0.2, 0.25) is 0 Å². The van der Waals surface area contributed by atoms with Crippen LogP contribution >= 0.6 is 0 Å². The molecule has 0 bridgehead atoms. The third-order valence-corrected chi connectivity index (χ3v) is 4.74. The molecule has 0 saturated carbocycles. The van der Waals surface area contributed by atoms with E-state index in [2.05, 4.69) is 20.4 Å². The van der Waals surface area contributed by atoms with Gasteiger partial charge in [-0.3, -0.25) is 0 Å².